The van der Waals surface area contributed by atoms with Crippen LogP contribution in [0.25, 0.3) is 22.0 Å². The van der Waals surface area contributed by atoms with Gasteiger partial charge in [-0.3, -0.25) is 4.79 Å². The Morgan fingerprint density at radius 2 is 2.06 bits per heavy atom. The van der Waals surface area contributed by atoms with E-state index in [2.05, 4.69) is 4.98 Å². The highest BCUT2D eigenvalue weighted by atomic mass is 19.1. The highest BCUT2D eigenvalue weighted by Gasteiger charge is 2.07. The van der Waals surface area contributed by atoms with E-state index in [4.69, 9.17) is 0 Å². The number of H-pyrrole nitrogens is 1. The lowest BCUT2D eigenvalue weighted by Gasteiger charge is -2.02. The van der Waals surface area contributed by atoms with E-state index in [1.165, 1.54) is 22.8 Å². The fraction of sp³-hybridized carbons (Fsp3) is 0.0714. The van der Waals surface area contributed by atoms with Crippen molar-refractivity contribution >= 4 is 10.9 Å². The van der Waals surface area contributed by atoms with Crippen LogP contribution in [0.4, 0.5) is 4.39 Å². The molecule has 0 atom stereocenters. The molecule has 0 unspecified atom stereocenters. The zero-order valence-electron chi connectivity index (χ0n) is 9.77. The number of aromatic amines is 1. The Hall–Kier alpha value is -2.36. The van der Waals surface area contributed by atoms with Gasteiger partial charge in [-0.1, -0.05) is 0 Å². The van der Waals surface area contributed by atoms with Crippen LogP contribution < -0.4 is 5.56 Å². The summed E-state index contributed by atoms with van der Waals surface area (Å²) in [5.41, 5.74) is 2.58. The normalized spacial score (nSPS) is 11.0. The van der Waals surface area contributed by atoms with Gasteiger partial charge in [-0.05, 0) is 24.3 Å². The molecule has 0 aliphatic carbocycles. The number of aromatic nitrogens is 2. The number of benzene rings is 1. The Labute approximate surface area is 103 Å². The Morgan fingerprint density at radius 1 is 1.22 bits per heavy atom. The standard InChI is InChI=1S/C14H11FN2O/c1-17-8-9(2-5-14(17)18)12-7-16-13-6-10(15)3-4-11(12)13/h2-8,16H,1H3. The van der Waals surface area contributed by atoms with Crippen LogP contribution in [0.5, 0.6) is 0 Å². The Bertz CT molecular complexity index is 786. The van der Waals surface area contributed by atoms with Crippen molar-refractivity contribution in [3.63, 3.8) is 0 Å². The fourth-order valence-corrected chi connectivity index (χ4v) is 2.09. The van der Waals surface area contributed by atoms with E-state index in [0.717, 1.165) is 22.0 Å². The summed E-state index contributed by atoms with van der Waals surface area (Å²) in [4.78, 5) is 14.4. The van der Waals surface area contributed by atoms with Crippen LogP contribution >= 0.6 is 0 Å². The van der Waals surface area contributed by atoms with Crippen molar-refractivity contribution in [2.75, 3.05) is 0 Å². The van der Waals surface area contributed by atoms with E-state index in [1.807, 2.05) is 6.20 Å². The predicted octanol–water partition coefficient (Wildman–Crippen LogP) is 2.67. The second kappa shape index (κ2) is 3.84. The van der Waals surface area contributed by atoms with Crippen LogP contribution in [0.2, 0.25) is 0 Å². The summed E-state index contributed by atoms with van der Waals surface area (Å²) in [5.74, 6) is -0.267. The SMILES string of the molecule is Cn1cc(-c2c[nH]c3cc(F)ccc23)ccc1=O. The van der Waals surface area contributed by atoms with Crippen molar-refractivity contribution in [3.05, 3.63) is 58.9 Å². The molecule has 0 fully saturated rings. The summed E-state index contributed by atoms with van der Waals surface area (Å²) in [6.45, 7) is 0. The van der Waals surface area contributed by atoms with Gasteiger partial charge < -0.3 is 9.55 Å². The molecule has 4 heteroatoms. The number of hydrogen-bond acceptors (Lipinski definition) is 1. The largest absolute Gasteiger partial charge is 0.360 e. The second-order valence-electron chi connectivity index (χ2n) is 4.26. The highest BCUT2D eigenvalue weighted by molar-refractivity contribution is 5.95. The first-order chi connectivity index (χ1) is 8.65. The summed E-state index contributed by atoms with van der Waals surface area (Å²) in [5, 5.41) is 0.940. The lowest BCUT2D eigenvalue weighted by molar-refractivity contribution is 0.629. The van der Waals surface area contributed by atoms with Gasteiger partial charge in [0.15, 0.2) is 0 Å². The van der Waals surface area contributed by atoms with Gasteiger partial charge in [0.05, 0.1) is 0 Å². The molecular weight excluding hydrogens is 231 g/mol. The van der Waals surface area contributed by atoms with Gasteiger partial charge >= 0.3 is 0 Å². The fourth-order valence-electron chi connectivity index (χ4n) is 2.09. The molecule has 90 valence electrons. The number of rotatable bonds is 1. The maximum absolute atomic E-state index is 13.1. The number of nitrogens with one attached hydrogen (secondary N) is 1. The van der Waals surface area contributed by atoms with Crippen LogP contribution in [-0.4, -0.2) is 9.55 Å². The minimum Gasteiger partial charge on any atom is -0.360 e. The minimum atomic E-state index is -0.267. The number of pyridine rings is 1. The van der Waals surface area contributed by atoms with E-state index in [9.17, 15) is 9.18 Å². The maximum Gasteiger partial charge on any atom is 0.250 e. The molecule has 3 aromatic rings. The third-order valence-electron chi connectivity index (χ3n) is 3.04. The Morgan fingerprint density at radius 3 is 2.83 bits per heavy atom. The average Bonchev–Trinajstić information content (AvgIpc) is 2.75. The van der Waals surface area contributed by atoms with Gasteiger partial charge in [0.1, 0.15) is 5.82 Å². The zero-order valence-corrected chi connectivity index (χ0v) is 9.77. The monoisotopic (exact) mass is 242 g/mol. The molecule has 2 aromatic heterocycles. The van der Waals surface area contributed by atoms with Crippen molar-refractivity contribution in [2.24, 2.45) is 7.05 Å². The smallest absolute Gasteiger partial charge is 0.250 e. The lowest BCUT2D eigenvalue weighted by Crippen LogP contribution is -2.13. The minimum absolute atomic E-state index is 0.0513. The van der Waals surface area contributed by atoms with E-state index in [1.54, 1.807) is 25.4 Å². The predicted molar refractivity (Wildman–Crippen MR) is 68.9 cm³/mol. The Kier molecular flexibility index (Phi) is 2.30. The molecule has 18 heavy (non-hydrogen) atoms. The molecule has 0 saturated carbocycles. The molecule has 0 spiro atoms. The van der Waals surface area contributed by atoms with E-state index in [-0.39, 0.29) is 11.4 Å². The summed E-state index contributed by atoms with van der Waals surface area (Å²) in [6.07, 6.45) is 3.60. The molecule has 0 saturated heterocycles. The number of aryl methyl sites for hydroxylation is 1. The number of nitrogens with zero attached hydrogens (tertiary/aromatic N) is 1. The molecule has 0 aliphatic heterocycles. The second-order valence-corrected chi connectivity index (χ2v) is 4.26. The van der Waals surface area contributed by atoms with Crippen LogP contribution in [0, 0.1) is 5.82 Å². The van der Waals surface area contributed by atoms with E-state index in [0.29, 0.717) is 0 Å². The van der Waals surface area contributed by atoms with Gasteiger partial charge in [-0.15, -0.1) is 0 Å². The zero-order chi connectivity index (χ0) is 12.7. The van der Waals surface area contributed by atoms with Crippen LogP contribution in [0.1, 0.15) is 0 Å². The molecule has 0 radical (unpaired) electrons. The number of hydrogen-bond donors (Lipinski definition) is 1. The van der Waals surface area contributed by atoms with Crippen molar-refractivity contribution in [3.8, 4) is 11.1 Å². The van der Waals surface area contributed by atoms with Crippen molar-refractivity contribution in [2.45, 2.75) is 0 Å². The highest BCUT2D eigenvalue weighted by Crippen LogP contribution is 2.28. The van der Waals surface area contributed by atoms with E-state index < -0.39 is 0 Å². The first kappa shape index (κ1) is 10.8. The van der Waals surface area contributed by atoms with Crippen molar-refractivity contribution in [1.82, 2.24) is 9.55 Å². The van der Waals surface area contributed by atoms with Gasteiger partial charge in [-0.2, -0.15) is 0 Å². The van der Waals surface area contributed by atoms with Crippen molar-refractivity contribution in [1.29, 1.82) is 0 Å². The van der Waals surface area contributed by atoms with E-state index >= 15 is 0 Å². The lowest BCUT2D eigenvalue weighted by atomic mass is 10.1. The molecule has 0 bridgehead atoms. The van der Waals surface area contributed by atoms with Gasteiger partial charge in [0, 0.05) is 47.5 Å². The third-order valence-corrected chi connectivity index (χ3v) is 3.04. The summed E-state index contributed by atoms with van der Waals surface area (Å²) < 4.78 is 14.6. The molecule has 1 N–H and O–H groups in total. The van der Waals surface area contributed by atoms with Crippen molar-refractivity contribution < 1.29 is 4.39 Å². The Balaban J connectivity index is 2.25. The van der Waals surface area contributed by atoms with Gasteiger partial charge in [0.25, 0.3) is 0 Å². The molecule has 0 aliphatic rings. The number of halogens is 1. The van der Waals surface area contributed by atoms with Crippen LogP contribution in [0.15, 0.2) is 47.5 Å². The summed E-state index contributed by atoms with van der Waals surface area (Å²) >= 11 is 0. The first-order valence-electron chi connectivity index (χ1n) is 5.59. The molecule has 2 heterocycles. The quantitative estimate of drug-likeness (QED) is 0.700. The summed E-state index contributed by atoms with van der Waals surface area (Å²) in [7, 11) is 1.71. The molecule has 1 aromatic carbocycles. The van der Waals surface area contributed by atoms with Gasteiger partial charge in [0.2, 0.25) is 5.56 Å². The molecule has 0 amide bonds. The third kappa shape index (κ3) is 1.62. The van der Waals surface area contributed by atoms with Crippen LogP contribution in [-0.2, 0) is 7.05 Å². The molecule has 3 rings (SSSR count). The van der Waals surface area contributed by atoms with Crippen LogP contribution in [0.3, 0.4) is 0 Å². The number of fused-ring (bicyclic) bond motifs is 1. The first-order valence-corrected chi connectivity index (χ1v) is 5.59. The average molecular weight is 242 g/mol. The maximum atomic E-state index is 13.1. The summed E-state index contributed by atoms with van der Waals surface area (Å²) in [6, 6.07) is 7.93. The molecule has 3 nitrogen and oxygen atoms in total. The van der Waals surface area contributed by atoms with Gasteiger partial charge in [-0.25, -0.2) is 4.39 Å². The molecular formula is C14H11FN2O. The topological polar surface area (TPSA) is 37.8 Å².